The highest BCUT2D eigenvalue weighted by atomic mass is 35.5. The van der Waals surface area contributed by atoms with Crippen LogP contribution < -0.4 is 5.32 Å². The number of carbonyl (C=O) groups excluding carboxylic acids is 1. The van der Waals surface area contributed by atoms with Gasteiger partial charge in [-0.15, -0.1) is 0 Å². The largest absolute Gasteiger partial charge is 0.321 e. The molecule has 1 amide bonds. The fraction of sp³-hybridized carbons (Fsp3) is 0.143. The Balaban J connectivity index is 2.33. The summed E-state index contributed by atoms with van der Waals surface area (Å²) in [4.78, 5) is 15.9. The van der Waals surface area contributed by atoms with Crippen LogP contribution >= 0.6 is 11.6 Å². The van der Waals surface area contributed by atoms with Crippen molar-refractivity contribution in [2.75, 3.05) is 19.4 Å². The molecule has 0 saturated carbocycles. The highest BCUT2D eigenvalue weighted by Crippen LogP contribution is 2.27. The third-order valence-electron chi connectivity index (χ3n) is 2.85. The normalized spacial score (nSPS) is 11.5. The molecule has 0 saturated heterocycles. The van der Waals surface area contributed by atoms with Crippen LogP contribution in [-0.2, 0) is 10.0 Å². The predicted molar refractivity (Wildman–Crippen MR) is 84.5 cm³/mol. The van der Waals surface area contributed by atoms with Crippen LogP contribution in [0.2, 0.25) is 5.02 Å². The molecule has 0 radical (unpaired) electrons. The van der Waals surface area contributed by atoms with Crippen LogP contribution in [0.1, 0.15) is 10.5 Å². The van der Waals surface area contributed by atoms with Gasteiger partial charge in [0.1, 0.15) is 10.6 Å². The lowest BCUT2D eigenvalue weighted by molar-refractivity contribution is 0.102. The topological polar surface area (TPSA) is 79.4 Å². The van der Waals surface area contributed by atoms with Crippen LogP contribution in [0, 0.1) is 0 Å². The van der Waals surface area contributed by atoms with Gasteiger partial charge in [0.2, 0.25) is 10.0 Å². The van der Waals surface area contributed by atoms with Crippen molar-refractivity contribution < 1.29 is 13.2 Å². The number of hydrogen-bond acceptors (Lipinski definition) is 4. The number of amides is 1. The third kappa shape index (κ3) is 3.44. The summed E-state index contributed by atoms with van der Waals surface area (Å²) in [5, 5.41) is 2.68. The van der Waals surface area contributed by atoms with E-state index in [1.54, 1.807) is 18.2 Å². The second-order valence-corrected chi connectivity index (χ2v) is 7.13. The van der Waals surface area contributed by atoms with Crippen LogP contribution in [0.15, 0.2) is 47.5 Å². The van der Waals surface area contributed by atoms with E-state index in [2.05, 4.69) is 10.3 Å². The Morgan fingerprint density at radius 2 is 1.95 bits per heavy atom. The zero-order valence-electron chi connectivity index (χ0n) is 11.9. The SMILES string of the molecule is CN(C)S(=O)(=O)c1cc(NC(=O)c2ccccn2)ccc1Cl. The first-order valence-corrected chi connectivity index (χ1v) is 8.08. The monoisotopic (exact) mass is 339 g/mol. The molecule has 1 aromatic carbocycles. The molecule has 8 heteroatoms. The van der Waals surface area contributed by atoms with Gasteiger partial charge < -0.3 is 5.32 Å². The van der Waals surface area contributed by atoms with Crippen LogP contribution in [0.5, 0.6) is 0 Å². The fourth-order valence-electron chi connectivity index (χ4n) is 1.67. The summed E-state index contributed by atoms with van der Waals surface area (Å²) in [6.07, 6.45) is 1.50. The molecule has 0 spiro atoms. The number of rotatable bonds is 4. The second-order valence-electron chi connectivity index (χ2n) is 4.60. The van der Waals surface area contributed by atoms with Gasteiger partial charge in [-0.3, -0.25) is 9.78 Å². The summed E-state index contributed by atoms with van der Waals surface area (Å²) in [5.41, 5.74) is 0.551. The van der Waals surface area contributed by atoms with E-state index in [4.69, 9.17) is 11.6 Å². The number of benzene rings is 1. The van der Waals surface area contributed by atoms with Crippen molar-refractivity contribution in [3.8, 4) is 0 Å². The maximum atomic E-state index is 12.2. The van der Waals surface area contributed by atoms with E-state index in [0.717, 1.165) is 4.31 Å². The average molecular weight is 340 g/mol. The van der Waals surface area contributed by atoms with Crippen molar-refractivity contribution in [2.24, 2.45) is 0 Å². The van der Waals surface area contributed by atoms with E-state index in [0.29, 0.717) is 5.69 Å². The summed E-state index contributed by atoms with van der Waals surface area (Å²) in [6, 6.07) is 9.21. The third-order valence-corrected chi connectivity index (χ3v) is 5.14. The van der Waals surface area contributed by atoms with Gasteiger partial charge in [-0.1, -0.05) is 17.7 Å². The maximum absolute atomic E-state index is 12.2. The molecule has 2 aromatic rings. The van der Waals surface area contributed by atoms with Crippen molar-refractivity contribution in [3.63, 3.8) is 0 Å². The Labute approximate surface area is 133 Å². The molecule has 2 rings (SSSR count). The standard InChI is InChI=1S/C14H14ClN3O3S/c1-18(2)22(20,21)13-9-10(6-7-11(13)15)17-14(19)12-5-3-4-8-16-12/h3-9H,1-2H3,(H,17,19). The Morgan fingerprint density at radius 3 is 2.55 bits per heavy atom. The molecular formula is C14H14ClN3O3S. The zero-order chi connectivity index (χ0) is 16.3. The minimum atomic E-state index is -3.70. The number of nitrogens with zero attached hydrogens (tertiary/aromatic N) is 2. The summed E-state index contributed by atoms with van der Waals surface area (Å²) in [5.74, 6) is -0.434. The maximum Gasteiger partial charge on any atom is 0.274 e. The summed E-state index contributed by atoms with van der Waals surface area (Å²) in [7, 11) is -0.881. The molecule has 22 heavy (non-hydrogen) atoms. The van der Waals surface area contributed by atoms with E-state index >= 15 is 0 Å². The van der Waals surface area contributed by atoms with Gasteiger partial charge in [-0.05, 0) is 30.3 Å². The second kappa shape index (κ2) is 6.43. The van der Waals surface area contributed by atoms with Gasteiger partial charge >= 0.3 is 0 Å². The van der Waals surface area contributed by atoms with Gasteiger partial charge in [0.15, 0.2) is 0 Å². The van der Waals surface area contributed by atoms with Crippen molar-refractivity contribution in [2.45, 2.75) is 4.90 Å². The molecule has 1 N–H and O–H groups in total. The first-order chi connectivity index (χ1) is 10.3. The Morgan fingerprint density at radius 1 is 1.23 bits per heavy atom. The van der Waals surface area contributed by atoms with Gasteiger partial charge in [-0.2, -0.15) is 0 Å². The van der Waals surface area contributed by atoms with Crippen molar-refractivity contribution >= 4 is 33.2 Å². The molecule has 0 atom stereocenters. The fourth-order valence-corrected chi connectivity index (χ4v) is 3.06. The van der Waals surface area contributed by atoms with Gasteiger partial charge in [0.05, 0.1) is 5.02 Å². The Bertz CT molecular complexity index is 792. The molecular weight excluding hydrogens is 326 g/mol. The lowest BCUT2D eigenvalue weighted by Gasteiger charge is -2.14. The van der Waals surface area contributed by atoms with Gasteiger partial charge in [0.25, 0.3) is 5.91 Å². The number of pyridine rings is 1. The number of nitrogens with one attached hydrogen (secondary N) is 1. The highest BCUT2D eigenvalue weighted by Gasteiger charge is 2.21. The minimum absolute atomic E-state index is 0.0713. The smallest absolute Gasteiger partial charge is 0.274 e. The number of anilines is 1. The quantitative estimate of drug-likeness (QED) is 0.926. The van der Waals surface area contributed by atoms with Crippen LogP contribution in [-0.4, -0.2) is 37.7 Å². The lowest BCUT2D eigenvalue weighted by atomic mass is 10.3. The number of aromatic nitrogens is 1. The summed E-state index contributed by atoms with van der Waals surface area (Å²) >= 11 is 5.95. The average Bonchev–Trinajstić information content (AvgIpc) is 2.49. The number of hydrogen-bond donors (Lipinski definition) is 1. The molecule has 0 aliphatic carbocycles. The summed E-state index contributed by atoms with van der Waals surface area (Å²) < 4.78 is 25.4. The number of sulfonamides is 1. The molecule has 6 nitrogen and oxygen atoms in total. The Kier molecular flexibility index (Phi) is 4.80. The molecule has 0 bridgehead atoms. The van der Waals surface area contributed by atoms with Crippen molar-refractivity contribution in [1.82, 2.24) is 9.29 Å². The molecule has 0 aliphatic rings. The highest BCUT2D eigenvalue weighted by molar-refractivity contribution is 7.89. The Hall–Kier alpha value is -1.96. The van der Waals surface area contributed by atoms with E-state index in [-0.39, 0.29) is 15.6 Å². The molecule has 1 aromatic heterocycles. The van der Waals surface area contributed by atoms with Crippen molar-refractivity contribution in [3.05, 3.63) is 53.3 Å². The van der Waals surface area contributed by atoms with Crippen LogP contribution in [0.3, 0.4) is 0 Å². The first kappa shape index (κ1) is 16.4. The molecule has 0 aliphatic heterocycles. The van der Waals surface area contributed by atoms with Crippen LogP contribution in [0.4, 0.5) is 5.69 Å². The van der Waals surface area contributed by atoms with Crippen molar-refractivity contribution in [1.29, 1.82) is 0 Å². The van der Waals surface area contributed by atoms with E-state index in [9.17, 15) is 13.2 Å². The van der Waals surface area contributed by atoms with E-state index < -0.39 is 15.9 Å². The zero-order valence-corrected chi connectivity index (χ0v) is 13.5. The predicted octanol–water partition coefficient (Wildman–Crippen LogP) is 2.24. The number of halogens is 1. The molecule has 1 heterocycles. The van der Waals surface area contributed by atoms with Gasteiger partial charge in [-0.25, -0.2) is 12.7 Å². The lowest BCUT2D eigenvalue weighted by Crippen LogP contribution is -2.23. The first-order valence-electron chi connectivity index (χ1n) is 6.27. The van der Waals surface area contributed by atoms with Crippen LogP contribution in [0.25, 0.3) is 0 Å². The molecule has 116 valence electrons. The number of carbonyl (C=O) groups is 1. The minimum Gasteiger partial charge on any atom is -0.321 e. The van der Waals surface area contributed by atoms with Gasteiger partial charge in [0, 0.05) is 26.0 Å². The molecule has 0 unspecified atom stereocenters. The molecule has 0 fully saturated rings. The summed E-state index contributed by atoms with van der Waals surface area (Å²) in [6.45, 7) is 0. The van der Waals surface area contributed by atoms with E-state index in [1.165, 1.54) is 38.5 Å². The van der Waals surface area contributed by atoms with E-state index in [1.807, 2.05) is 0 Å².